The summed E-state index contributed by atoms with van der Waals surface area (Å²) in [6.45, 7) is 2.01. The molecule has 3 nitrogen and oxygen atoms in total. The smallest absolute Gasteiger partial charge is 0.0898 e. The van der Waals surface area contributed by atoms with Crippen LogP contribution in [0.25, 0.3) is 0 Å². The van der Waals surface area contributed by atoms with Gasteiger partial charge in [0.05, 0.1) is 16.7 Å². The lowest BCUT2D eigenvalue weighted by Crippen LogP contribution is -2.29. The Balaban J connectivity index is 2.11. The lowest BCUT2D eigenvalue weighted by Gasteiger charge is -2.12. The Morgan fingerprint density at radius 3 is 2.93 bits per heavy atom. The summed E-state index contributed by atoms with van der Waals surface area (Å²) in [6, 6.07) is 2.23. The van der Waals surface area contributed by atoms with E-state index < -0.39 is 0 Å². The third kappa shape index (κ3) is 2.63. The van der Waals surface area contributed by atoms with Crippen molar-refractivity contribution in [1.29, 1.82) is 0 Å². The number of hydrazine groups is 1. The summed E-state index contributed by atoms with van der Waals surface area (Å²) < 4.78 is 0. The number of nitrogens with two attached hydrogens (primary N) is 1. The van der Waals surface area contributed by atoms with Crippen molar-refractivity contribution in [3.8, 4) is 0 Å². The second kappa shape index (κ2) is 4.85. The van der Waals surface area contributed by atoms with Gasteiger partial charge in [-0.05, 0) is 35.7 Å². The molecule has 0 saturated heterocycles. The molecule has 0 aromatic carbocycles. The van der Waals surface area contributed by atoms with Crippen LogP contribution in [0.5, 0.6) is 0 Å². The van der Waals surface area contributed by atoms with E-state index in [-0.39, 0.29) is 6.04 Å². The zero-order chi connectivity index (χ0) is 10.7. The van der Waals surface area contributed by atoms with Crippen molar-refractivity contribution in [2.45, 2.75) is 19.4 Å². The summed E-state index contributed by atoms with van der Waals surface area (Å²) in [6.07, 6.45) is 0.892. The molecule has 0 saturated carbocycles. The van der Waals surface area contributed by atoms with Gasteiger partial charge in [0.2, 0.25) is 0 Å². The standard InChI is InChI=1S/C10H13N3S2/c1-7-12-10(6-15-7)9(13-11)4-8-2-3-14-5-8/h2-3,5-6,9,13H,4,11H2,1H3. The van der Waals surface area contributed by atoms with Crippen molar-refractivity contribution in [1.82, 2.24) is 10.4 Å². The number of hydrogen-bond donors (Lipinski definition) is 2. The number of nitrogens with one attached hydrogen (secondary N) is 1. The van der Waals surface area contributed by atoms with Crippen LogP contribution in [0.15, 0.2) is 22.2 Å². The van der Waals surface area contributed by atoms with Crippen molar-refractivity contribution in [2.75, 3.05) is 0 Å². The van der Waals surface area contributed by atoms with Gasteiger partial charge in [0, 0.05) is 5.38 Å². The Kier molecular flexibility index (Phi) is 3.48. The maximum Gasteiger partial charge on any atom is 0.0898 e. The second-order valence-corrected chi connectivity index (χ2v) is 5.19. The van der Waals surface area contributed by atoms with Gasteiger partial charge >= 0.3 is 0 Å². The first kappa shape index (κ1) is 10.8. The van der Waals surface area contributed by atoms with E-state index in [2.05, 4.69) is 32.6 Å². The summed E-state index contributed by atoms with van der Waals surface area (Å²) >= 11 is 3.36. The Hall–Kier alpha value is -0.750. The third-order valence-corrected chi connectivity index (χ3v) is 3.74. The number of rotatable bonds is 4. The van der Waals surface area contributed by atoms with Crippen molar-refractivity contribution in [2.24, 2.45) is 5.84 Å². The van der Waals surface area contributed by atoms with Gasteiger partial charge in [0.25, 0.3) is 0 Å². The number of thiazole rings is 1. The molecule has 80 valence electrons. The van der Waals surface area contributed by atoms with Gasteiger partial charge in [-0.3, -0.25) is 11.3 Å². The molecule has 0 amide bonds. The SMILES string of the molecule is Cc1nc(C(Cc2ccsc2)NN)cs1. The van der Waals surface area contributed by atoms with Gasteiger partial charge in [-0.1, -0.05) is 0 Å². The topological polar surface area (TPSA) is 50.9 Å². The van der Waals surface area contributed by atoms with E-state index in [1.165, 1.54) is 5.56 Å². The summed E-state index contributed by atoms with van der Waals surface area (Å²) in [4.78, 5) is 4.44. The number of aromatic nitrogens is 1. The number of hydrogen-bond acceptors (Lipinski definition) is 5. The van der Waals surface area contributed by atoms with Gasteiger partial charge in [0.1, 0.15) is 0 Å². The molecule has 5 heteroatoms. The molecular weight excluding hydrogens is 226 g/mol. The Bertz CT molecular complexity index is 408. The fraction of sp³-hybridized carbons (Fsp3) is 0.300. The molecule has 0 aliphatic carbocycles. The largest absolute Gasteiger partial charge is 0.271 e. The molecule has 0 fully saturated rings. The number of aryl methyl sites for hydroxylation is 1. The fourth-order valence-electron chi connectivity index (χ4n) is 1.43. The molecule has 2 aromatic rings. The molecule has 0 bridgehead atoms. The van der Waals surface area contributed by atoms with E-state index in [1.54, 1.807) is 22.7 Å². The highest BCUT2D eigenvalue weighted by molar-refractivity contribution is 7.09. The van der Waals surface area contributed by atoms with Gasteiger partial charge < -0.3 is 0 Å². The maximum atomic E-state index is 5.55. The first-order valence-electron chi connectivity index (χ1n) is 4.69. The zero-order valence-electron chi connectivity index (χ0n) is 8.43. The van der Waals surface area contributed by atoms with E-state index in [0.717, 1.165) is 17.1 Å². The molecule has 0 aliphatic rings. The molecule has 2 aromatic heterocycles. The first-order chi connectivity index (χ1) is 7.29. The number of thiophene rings is 1. The molecule has 0 radical (unpaired) electrons. The van der Waals surface area contributed by atoms with Crippen LogP contribution in [-0.4, -0.2) is 4.98 Å². The molecule has 3 N–H and O–H groups in total. The number of nitrogens with zero attached hydrogens (tertiary/aromatic N) is 1. The van der Waals surface area contributed by atoms with Gasteiger partial charge in [0.15, 0.2) is 0 Å². The molecule has 1 atom stereocenters. The Labute approximate surface area is 96.9 Å². The third-order valence-electron chi connectivity index (χ3n) is 2.21. The molecule has 0 aliphatic heterocycles. The zero-order valence-corrected chi connectivity index (χ0v) is 10.1. The van der Waals surface area contributed by atoms with Crippen LogP contribution in [0.2, 0.25) is 0 Å². The van der Waals surface area contributed by atoms with E-state index in [9.17, 15) is 0 Å². The lowest BCUT2D eigenvalue weighted by molar-refractivity contribution is 0.541. The highest BCUT2D eigenvalue weighted by Gasteiger charge is 2.13. The van der Waals surface area contributed by atoms with Crippen LogP contribution in [0.1, 0.15) is 22.3 Å². The lowest BCUT2D eigenvalue weighted by atomic mass is 10.1. The molecule has 15 heavy (non-hydrogen) atoms. The maximum absolute atomic E-state index is 5.55. The summed E-state index contributed by atoms with van der Waals surface area (Å²) in [5.74, 6) is 5.55. The molecular formula is C10H13N3S2. The first-order valence-corrected chi connectivity index (χ1v) is 6.51. The average Bonchev–Trinajstić information content (AvgIpc) is 2.85. The van der Waals surface area contributed by atoms with Crippen LogP contribution in [0, 0.1) is 6.92 Å². The van der Waals surface area contributed by atoms with Crippen molar-refractivity contribution >= 4 is 22.7 Å². The normalized spacial score (nSPS) is 12.9. The Morgan fingerprint density at radius 2 is 2.40 bits per heavy atom. The predicted molar refractivity (Wildman–Crippen MR) is 64.9 cm³/mol. The van der Waals surface area contributed by atoms with Gasteiger partial charge in [-0.15, -0.1) is 11.3 Å². The molecule has 2 rings (SSSR count). The van der Waals surface area contributed by atoms with Crippen LogP contribution >= 0.6 is 22.7 Å². The van der Waals surface area contributed by atoms with E-state index in [4.69, 9.17) is 5.84 Å². The monoisotopic (exact) mass is 239 g/mol. The summed E-state index contributed by atoms with van der Waals surface area (Å²) in [5, 5.41) is 7.36. The van der Waals surface area contributed by atoms with E-state index in [0.29, 0.717) is 0 Å². The highest BCUT2D eigenvalue weighted by Crippen LogP contribution is 2.20. The minimum absolute atomic E-state index is 0.115. The minimum Gasteiger partial charge on any atom is -0.271 e. The molecule has 0 spiro atoms. The van der Waals surface area contributed by atoms with Crippen LogP contribution in [0.4, 0.5) is 0 Å². The predicted octanol–water partition coefficient (Wildman–Crippen LogP) is 2.26. The van der Waals surface area contributed by atoms with Crippen LogP contribution in [0.3, 0.4) is 0 Å². The van der Waals surface area contributed by atoms with Gasteiger partial charge in [-0.25, -0.2) is 4.98 Å². The second-order valence-electron chi connectivity index (χ2n) is 3.35. The minimum atomic E-state index is 0.115. The van der Waals surface area contributed by atoms with E-state index in [1.807, 2.05) is 6.92 Å². The summed E-state index contributed by atoms with van der Waals surface area (Å²) in [7, 11) is 0. The fourth-order valence-corrected chi connectivity index (χ4v) is 2.78. The average molecular weight is 239 g/mol. The molecule has 1 unspecified atom stereocenters. The summed E-state index contributed by atoms with van der Waals surface area (Å²) in [5.41, 5.74) is 5.15. The van der Waals surface area contributed by atoms with Crippen molar-refractivity contribution < 1.29 is 0 Å². The van der Waals surface area contributed by atoms with Crippen LogP contribution < -0.4 is 11.3 Å². The van der Waals surface area contributed by atoms with Crippen molar-refractivity contribution in [3.63, 3.8) is 0 Å². The van der Waals surface area contributed by atoms with Crippen molar-refractivity contribution in [3.05, 3.63) is 38.5 Å². The molecule has 2 heterocycles. The van der Waals surface area contributed by atoms with E-state index >= 15 is 0 Å². The van der Waals surface area contributed by atoms with Gasteiger partial charge in [-0.2, -0.15) is 11.3 Å². The highest BCUT2D eigenvalue weighted by atomic mass is 32.1. The Morgan fingerprint density at radius 1 is 1.53 bits per heavy atom. The van der Waals surface area contributed by atoms with Crippen LogP contribution in [-0.2, 0) is 6.42 Å². The quantitative estimate of drug-likeness (QED) is 0.635.